The lowest BCUT2D eigenvalue weighted by Gasteiger charge is -2.46. The summed E-state index contributed by atoms with van der Waals surface area (Å²) < 4.78 is 41.9. The third-order valence-electron chi connectivity index (χ3n) is 6.83. The summed E-state index contributed by atoms with van der Waals surface area (Å²) in [5.74, 6) is 0. The molecule has 0 aromatic heterocycles. The first kappa shape index (κ1) is 39.3. The molecule has 0 aliphatic heterocycles. The number of hydrogen-bond donors (Lipinski definition) is 0. The van der Waals surface area contributed by atoms with Gasteiger partial charge < -0.3 is 24.7 Å². The van der Waals surface area contributed by atoms with E-state index in [4.69, 9.17) is 24.7 Å². The Morgan fingerprint density at radius 3 is 0.867 bits per heavy atom. The summed E-state index contributed by atoms with van der Waals surface area (Å²) >= 11 is 0. The molecule has 0 fully saturated rings. The standard InChI is InChI=1S/C32H52O6Si7/c1-15-43(16-2,17-3)35-39(7,8)33-41(11,12)37-45(31-27-23-21-24-28-31,32-29-25-22-26-30-32)38-42(13,14)34-40(9,10)36-44(18-4,19-5)20-6/h15-30H,1-6H2,7-14H3. The van der Waals surface area contributed by atoms with Gasteiger partial charge in [0.2, 0.25) is 0 Å². The predicted molar refractivity (Wildman–Crippen MR) is 207 cm³/mol. The monoisotopic (exact) mass is 728 g/mol. The molecule has 244 valence electrons. The number of rotatable bonds is 20. The molecule has 6 nitrogen and oxygen atoms in total. The van der Waals surface area contributed by atoms with E-state index in [9.17, 15) is 0 Å². The van der Waals surface area contributed by atoms with Crippen LogP contribution in [0.3, 0.4) is 0 Å². The summed E-state index contributed by atoms with van der Waals surface area (Å²) in [6.45, 7) is 40.3. The summed E-state index contributed by atoms with van der Waals surface area (Å²) in [7, 11) is -20.2. The Balaban J connectivity index is 2.67. The fraction of sp³-hybridized carbons (Fsp3) is 0.250. The molecular formula is C32H52O6Si7. The summed E-state index contributed by atoms with van der Waals surface area (Å²) in [6.07, 6.45) is 0. The van der Waals surface area contributed by atoms with E-state index in [2.05, 4.69) is 89.9 Å². The van der Waals surface area contributed by atoms with Crippen LogP contribution in [0.25, 0.3) is 0 Å². The Labute approximate surface area is 279 Å². The van der Waals surface area contributed by atoms with Gasteiger partial charge >= 0.3 is 42.8 Å². The molecule has 0 amide bonds. The summed E-state index contributed by atoms with van der Waals surface area (Å²) in [6, 6.07) is 20.3. The highest BCUT2D eigenvalue weighted by molar-refractivity contribution is 7.03. The van der Waals surface area contributed by atoms with E-state index in [1.807, 2.05) is 96.8 Å². The summed E-state index contributed by atoms with van der Waals surface area (Å²) in [4.78, 5) is 0. The van der Waals surface area contributed by atoms with Crippen molar-refractivity contribution < 1.29 is 24.7 Å². The van der Waals surface area contributed by atoms with Crippen molar-refractivity contribution in [1.82, 2.24) is 0 Å². The van der Waals surface area contributed by atoms with Crippen molar-refractivity contribution >= 4 is 69.8 Å². The van der Waals surface area contributed by atoms with E-state index in [-0.39, 0.29) is 0 Å². The molecule has 13 heteroatoms. The van der Waals surface area contributed by atoms with Crippen LogP contribution in [0.2, 0.25) is 52.4 Å². The van der Waals surface area contributed by atoms with Crippen LogP contribution in [0.4, 0.5) is 0 Å². The minimum Gasteiger partial charge on any atom is -0.427 e. The molecule has 2 aromatic rings. The van der Waals surface area contributed by atoms with Gasteiger partial charge in [-0.25, -0.2) is 0 Å². The van der Waals surface area contributed by atoms with Gasteiger partial charge in [0.05, 0.1) is 0 Å². The largest absolute Gasteiger partial charge is 0.427 e. The molecule has 0 saturated carbocycles. The molecule has 45 heavy (non-hydrogen) atoms. The smallest absolute Gasteiger partial charge is 0.389 e. The van der Waals surface area contributed by atoms with Gasteiger partial charge in [-0.05, 0) is 62.7 Å². The Bertz CT molecular complexity index is 1200. The van der Waals surface area contributed by atoms with Crippen LogP contribution in [-0.2, 0) is 24.7 Å². The van der Waals surface area contributed by atoms with Crippen molar-refractivity contribution in [1.29, 1.82) is 0 Å². The first-order valence-electron chi connectivity index (χ1n) is 15.0. The summed E-state index contributed by atoms with van der Waals surface area (Å²) in [5.41, 5.74) is 10.9. The highest BCUT2D eigenvalue weighted by Crippen LogP contribution is 2.30. The van der Waals surface area contributed by atoms with Crippen LogP contribution in [0.5, 0.6) is 0 Å². The molecule has 0 heterocycles. The van der Waals surface area contributed by atoms with Gasteiger partial charge in [-0.15, -0.1) is 39.5 Å². The molecule has 0 atom stereocenters. The molecular weight excluding hydrogens is 677 g/mol. The Morgan fingerprint density at radius 1 is 0.378 bits per heavy atom. The van der Waals surface area contributed by atoms with Gasteiger partial charge in [-0.3, -0.25) is 0 Å². The number of benzene rings is 2. The van der Waals surface area contributed by atoms with Gasteiger partial charge in [0.25, 0.3) is 16.6 Å². The van der Waals surface area contributed by atoms with Crippen LogP contribution in [0, 0.1) is 0 Å². The van der Waals surface area contributed by atoms with Crippen molar-refractivity contribution in [3.63, 3.8) is 0 Å². The van der Waals surface area contributed by atoms with Crippen molar-refractivity contribution in [2.75, 3.05) is 0 Å². The zero-order valence-electron chi connectivity index (χ0n) is 28.4. The van der Waals surface area contributed by atoms with Crippen molar-refractivity contribution in [3.8, 4) is 0 Å². The first-order valence-corrected chi connectivity index (χ1v) is 32.3. The van der Waals surface area contributed by atoms with Crippen molar-refractivity contribution in [3.05, 3.63) is 134 Å². The van der Waals surface area contributed by atoms with Gasteiger partial charge in [0, 0.05) is 0 Å². The van der Waals surface area contributed by atoms with Crippen molar-refractivity contribution in [2.45, 2.75) is 52.4 Å². The SMILES string of the molecule is C=C[Si](C=C)(C=C)O[Si](C)(C)O[Si](C)(C)O[Si](O[Si](C)(C)O[Si](C)(C)O[Si](C=C)(C=C)C=C)(c1ccccc1)c1ccccc1. The maximum absolute atomic E-state index is 7.38. The van der Waals surface area contributed by atoms with E-state index in [1.54, 1.807) is 0 Å². The minimum atomic E-state index is -3.48. The minimum absolute atomic E-state index is 0.962. The molecule has 0 bridgehead atoms. The van der Waals surface area contributed by atoms with Crippen LogP contribution in [0.15, 0.2) is 134 Å². The first-order chi connectivity index (χ1) is 20.8. The third-order valence-corrected chi connectivity index (χ3v) is 33.7. The molecule has 0 N–H and O–H groups in total. The summed E-state index contributed by atoms with van der Waals surface area (Å²) in [5, 5.41) is 1.92. The van der Waals surface area contributed by atoms with Crippen LogP contribution < -0.4 is 10.4 Å². The van der Waals surface area contributed by atoms with Crippen molar-refractivity contribution in [2.24, 2.45) is 0 Å². The Hall–Kier alpha value is -1.84. The fourth-order valence-electron chi connectivity index (χ4n) is 5.30. The second-order valence-electron chi connectivity index (χ2n) is 12.5. The lowest BCUT2D eigenvalue weighted by molar-refractivity contribution is 0.281. The topological polar surface area (TPSA) is 55.4 Å². The maximum Gasteiger partial charge on any atom is 0.389 e. The zero-order chi connectivity index (χ0) is 34.2. The maximum atomic E-state index is 7.38. The van der Waals surface area contributed by atoms with Gasteiger partial charge in [0.1, 0.15) is 0 Å². The Morgan fingerprint density at radius 2 is 0.622 bits per heavy atom. The third kappa shape index (κ3) is 10.6. The second-order valence-corrected chi connectivity index (χ2v) is 36.8. The highest BCUT2D eigenvalue weighted by atomic mass is 28.5. The Kier molecular flexibility index (Phi) is 13.4. The van der Waals surface area contributed by atoms with E-state index in [0.717, 1.165) is 10.4 Å². The lowest BCUT2D eigenvalue weighted by atomic mass is 10.4. The molecule has 2 aromatic carbocycles. The molecule has 0 spiro atoms. The average molecular weight is 729 g/mol. The van der Waals surface area contributed by atoms with E-state index in [0.29, 0.717) is 0 Å². The average Bonchev–Trinajstić information content (AvgIpc) is 2.97. The quantitative estimate of drug-likeness (QED) is 0.133. The van der Waals surface area contributed by atoms with Crippen LogP contribution in [-0.4, -0.2) is 59.4 Å². The highest BCUT2D eigenvalue weighted by Gasteiger charge is 2.55. The fourth-order valence-corrected chi connectivity index (χ4v) is 36.3. The molecule has 0 aliphatic carbocycles. The number of hydrogen-bond acceptors (Lipinski definition) is 6. The van der Waals surface area contributed by atoms with Crippen LogP contribution in [0.1, 0.15) is 0 Å². The second kappa shape index (κ2) is 15.4. The van der Waals surface area contributed by atoms with Gasteiger partial charge in [0.15, 0.2) is 0 Å². The molecule has 0 saturated heterocycles. The predicted octanol–water partition coefficient (Wildman–Crippen LogP) is 7.39. The van der Waals surface area contributed by atoms with Gasteiger partial charge in [-0.1, -0.05) is 94.9 Å². The molecule has 0 unspecified atom stereocenters. The zero-order valence-corrected chi connectivity index (χ0v) is 35.4. The molecule has 0 radical (unpaired) electrons. The van der Waals surface area contributed by atoms with Gasteiger partial charge in [-0.2, -0.15) is 0 Å². The normalized spacial score (nSPS) is 13.5. The van der Waals surface area contributed by atoms with Crippen LogP contribution >= 0.6 is 0 Å². The van der Waals surface area contributed by atoms with E-state index >= 15 is 0 Å². The van der Waals surface area contributed by atoms with E-state index < -0.39 is 59.4 Å². The molecule has 2 rings (SSSR count). The lowest BCUT2D eigenvalue weighted by Crippen LogP contribution is -2.72. The molecule has 0 aliphatic rings. The van der Waals surface area contributed by atoms with E-state index in [1.165, 1.54) is 0 Å².